The largest absolute Gasteiger partial charge is 0.384 e. The van der Waals surface area contributed by atoms with Crippen molar-refractivity contribution in [1.29, 1.82) is 0 Å². The van der Waals surface area contributed by atoms with Gasteiger partial charge in [-0.2, -0.15) is 0 Å². The summed E-state index contributed by atoms with van der Waals surface area (Å²) >= 11 is 0. The highest BCUT2D eigenvalue weighted by molar-refractivity contribution is 5.85. The lowest BCUT2D eigenvalue weighted by atomic mass is 9.79. The third-order valence-corrected chi connectivity index (χ3v) is 5.32. The highest BCUT2D eigenvalue weighted by Crippen LogP contribution is 2.28. The van der Waals surface area contributed by atoms with E-state index in [1.807, 2.05) is 31.2 Å². The van der Waals surface area contributed by atoms with Crippen LogP contribution in [0.3, 0.4) is 0 Å². The summed E-state index contributed by atoms with van der Waals surface area (Å²) in [4.78, 5) is 25.2. The van der Waals surface area contributed by atoms with Gasteiger partial charge in [-0.25, -0.2) is 4.79 Å². The average Bonchev–Trinajstić information content (AvgIpc) is 2.92. The lowest BCUT2D eigenvalue weighted by Gasteiger charge is -2.37. The maximum atomic E-state index is 12.6. The third-order valence-electron chi connectivity index (χ3n) is 5.32. The molecule has 0 radical (unpaired) electrons. The van der Waals surface area contributed by atoms with Crippen LogP contribution in [0.15, 0.2) is 29.1 Å². The Kier molecular flexibility index (Phi) is 7.47. The van der Waals surface area contributed by atoms with Gasteiger partial charge in [0.25, 0.3) is 0 Å². The van der Waals surface area contributed by atoms with Gasteiger partial charge in [0, 0.05) is 25.6 Å². The van der Waals surface area contributed by atoms with E-state index in [-0.39, 0.29) is 36.0 Å². The van der Waals surface area contributed by atoms with Gasteiger partial charge in [-0.15, -0.1) is 12.4 Å². The van der Waals surface area contributed by atoms with E-state index in [9.17, 15) is 9.59 Å². The molecule has 0 bridgehead atoms. The van der Waals surface area contributed by atoms with Gasteiger partial charge in [0.1, 0.15) is 6.54 Å². The molecule has 0 spiro atoms. The molecule has 1 amide bonds. The topological polar surface area (TPSA) is 77.3 Å². The fourth-order valence-corrected chi connectivity index (χ4v) is 3.85. The van der Waals surface area contributed by atoms with Crippen LogP contribution in [0.2, 0.25) is 0 Å². The van der Waals surface area contributed by atoms with E-state index < -0.39 is 0 Å². The Morgan fingerprint density at radius 3 is 2.44 bits per heavy atom. The molecule has 0 atom stereocenters. The molecule has 1 aliphatic rings. The summed E-state index contributed by atoms with van der Waals surface area (Å²) in [6.45, 7) is 5.62. The van der Waals surface area contributed by atoms with Gasteiger partial charge in [0.05, 0.1) is 17.6 Å². The molecule has 1 fully saturated rings. The van der Waals surface area contributed by atoms with Gasteiger partial charge in [0.2, 0.25) is 5.91 Å². The first kappa shape index (κ1) is 21.5. The number of aromatic nitrogens is 2. The number of fused-ring (bicyclic) bond motifs is 1. The van der Waals surface area contributed by atoms with E-state index >= 15 is 0 Å². The maximum Gasteiger partial charge on any atom is 0.329 e. The molecule has 2 N–H and O–H groups in total. The average molecular weight is 397 g/mol. The summed E-state index contributed by atoms with van der Waals surface area (Å²) in [7, 11) is 1.70. The molecular weight excluding hydrogens is 368 g/mol. The standard InChI is InChI=1S/C19H28N4O3.ClH/c1-3-22-15-6-4-5-7-16(15)23(18(22)25)12-17(24)21-13-19(14-26-2)8-10-20-11-9-19;/h4-7,20H,3,8-14H2,1-2H3,(H,21,24);1H. The van der Waals surface area contributed by atoms with Crippen molar-refractivity contribution in [3.63, 3.8) is 0 Å². The number of aryl methyl sites for hydroxylation is 1. The highest BCUT2D eigenvalue weighted by atomic mass is 35.5. The molecule has 0 saturated carbocycles. The summed E-state index contributed by atoms with van der Waals surface area (Å²) < 4.78 is 8.64. The minimum atomic E-state index is -0.141. The zero-order valence-electron chi connectivity index (χ0n) is 16.0. The van der Waals surface area contributed by atoms with Crippen LogP contribution in [0.25, 0.3) is 11.0 Å². The number of hydrogen-bond acceptors (Lipinski definition) is 4. The van der Waals surface area contributed by atoms with E-state index in [0.29, 0.717) is 19.7 Å². The second-order valence-electron chi connectivity index (χ2n) is 7.06. The van der Waals surface area contributed by atoms with Crippen molar-refractivity contribution in [2.45, 2.75) is 32.9 Å². The van der Waals surface area contributed by atoms with Crippen molar-refractivity contribution < 1.29 is 9.53 Å². The molecular formula is C19H29ClN4O3. The molecule has 1 aromatic heterocycles. The van der Waals surface area contributed by atoms with Crippen molar-refractivity contribution in [3.05, 3.63) is 34.7 Å². The first-order valence-corrected chi connectivity index (χ1v) is 9.24. The van der Waals surface area contributed by atoms with Crippen LogP contribution >= 0.6 is 12.4 Å². The second kappa shape index (κ2) is 9.39. The highest BCUT2D eigenvalue weighted by Gasteiger charge is 2.32. The minimum Gasteiger partial charge on any atom is -0.384 e. The van der Waals surface area contributed by atoms with E-state index in [0.717, 1.165) is 37.0 Å². The number of methoxy groups -OCH3 is 1. The number of hydrogen-bond donors (Lipinski definition) is 2. The third kappa shape index (κ3) is 4.54. The summed E-state index contributed by atoms with van der Waals surface area (Å²) in [6, 6.07) is 7.59. The molecule has 1 saturated heterocycles. The Morgan fingerprint density at radius 2 is 1.85 bits per heavy atom. The van der Waals surface area contributed by atoms with E-state index in [2.05, 4.69) is 10.6 Å². The van der Waals surface area contributed by atoms with E-state index in [4.69, 9.17) is 4.74 Å². The number of nitrogens with one attached hydrogen (secondary N) is 2. The van der Waals surface area contributed by atoms with Crippen LogP contribution in [0.1, 0.15) is 19.8 Å². The van der Waals surface area contributed by atoms with Crippen molar-refractivity contribution in [1.82, 2.24) is 19.8 Å². The second-order valence-corrected chi connectivity index (χ2v) is 7.06. The van der Waals surface area contributed by atoms with Gasteiger partial charge >= 0.3 is 5.69 Å². The van der Waals surface area contributed by atoms with Gasteiger partial charge in [-0.3, -0.25) is 13.9 Å². The number of carbonyl (C=O) groups excluding carboxylic acids is 1. The summed E-state index contributed by atoms with van der Waals surface area (Å²) in [6.07, 6.45) is 1.94. The zero-order chi connectivity index (χ0) is 18.6. The first-order chi connectivity index (χ1) is 12.6. The van der Waals surface area contributed by atoms with Gasteiger partial charge in [-0.05, 0) is 45.0 Å². The number of benzene rings is 1. The predicted octanol–water partition coefficient (Wildman–Crippen LogP) is 1.38. The Morgan fingerprint density at radius 1 is 1.22 bits per heavy atom. The number of rotatable bonds is 7. The molecule has 8 heteroatoms. The zero-order valence-corrected chi connectivity index (χ0v) is 16.8. The Bertz CT molecular complexity index is 818. The minimum absolute atomic E-state index is 0. The number of nitrogens with zero attached hydrogens (tertiary/aromatic N) is 2. The SMILES string of the molecule is CCn1c(=O)n(CC(=O)NCC2(COC)CCNCC2)c2ccccc21.Cl. The molecule has 2 aromatic rings. The van der Waals surface area contributed by atoms with Crippen molar-refractivity contribution in [3.8, 4) is 0 Å². The van der Waals surface area contributed by atoms with Crippen LogP contribution in [-0.2, 0) is 22.6 Å². The predicted molar refractivity (Wildman–Crippen MR) is 109 cm³/mol. The number of halogens is 1. The lowest BCUT2D eigenvalue weighted by molar-refractivity contribution is -0.122. The first-order valence-electron chi connectivity index (χ1n) is 9.24. The molecule has 0 aliphatic carbocycles. The van der Waals surface area contributed by atoms with E-state index in [1.165, 1.54) is 0 Å². The molecule has 1 aromatic carbocycles. The monoisotopic (exact) mass is 396 g/mol. The molecule has 1 aliphatic heterocycles. The van der Waals surface area contributed by atoms with Gasteiger partial charge in [0.15, 0.2) is 0 Å². The fourth-order valence-electron chi connectivity index (χ4n) is 3.85. The number of amides is 1. The summed E-state index contributed by atoms with van der Waals surface area (Å²) in [5, 5.41) is 6.38. The van der Waals surface area contributed by atoms with Crippen LogP contribution in [0.4, 0.5) is 0 Å². The Hall–Kier alpha value is -1.83. The fraction of sp³-hybridized carbons (Fsp3) is 0.579. The molecule has 7 nitrogen and oxygen atoms in total. The normalized spacial score (nSPS) is 16.1. The van der Waals surface area contributed by atoms with Crippen LogP contribution in [0, 0.1) is 5.41 Å². The summed E-state index contributed by atoms with van der Waals surface area (Å²) in [5.74, 6) is -0.139. The number of para-hydroxylation sites is 2. The van der Waals surface area contributed by atoms with Crippen molar-refractivity contribution in [2.24, 2.45) is 5.41 Å². The van der Waals surface area contributed by atoms with Crippen molar-refractivity contribution >= 4 is 29.3 Å². The van der Waals surface area contributed by atoms with Crippen LogP contribution in [0.5, 0.6) is 0 Å². The lowest BCUT2D eigenvalue weighted by Crippen LogP contribution is -2.48. The summed E-state index contributed by atoms with van der Waals surface area (Å²) in [5.41, 5.74) is 1.49. The molecule has 3 rings (SSSR count). The molecule has 0 unspecified atom stereocenters. The van der Waals surface area contributed by atoms with Crippen molar-refractivity contribution in [2.75, 3.05) is 33.4 Å². The smallest absolute Gasteiger partial charge is 0.329 e. The maximum absolute atomic E-state index is 12.6. The van der Waals surface area contributed by atoms with Crippen LogP contribution < -0.4 is 16.3 Å². The Labute approximate surface area is 165 Å². The number of piperidine rings is 1. The van der Waals surface area contributed by atoms with Gasteiger partial charge in [-0.1, -0.05) is 12.1 Å². The number of ether oxygens (including phenoxy) is 1. The molecule has 2 heterocycles. The number of carbonyl (C=O) groups is 1. The number of imidazole rings is 1. The quantitative estimate of drug-likeness (QED) is 0.741. The molecule has 27 heavy (non-hydrogen) atoms. The molecule has 150 valence electrons. The van der Waals surface area contributed by atoms with Gasteiger partial charge < -0.3 is 15.4 Å². The van der Waals surface area contributed by atoms with Crippen LogP contribution in [-0.4, -0.2) is 48.4 Å². The Balaban J connectivity index is 0.00000261. The van der Waals surface area contributed by atoms with E-state index in [1.54, 1.807) is 16.2 Å².